The average Bonchev–Trinajstić information content (AvgIpc) is 2.90. The van der Waals surface area contributed by atoms with E-state index in [1.165, 1.54) is 44.3 Å². The minimum atomic E-state index is -3.98. The first-order valence-corrected chi connectivity index (χ1v) is 14.5. The number of benzene rings is 2. The van der Waals surface area contributed by atoms with Crippen LogP contribution in [0.3, 0.4) is 0 Å². The monoisotopic (exact) mass is 562 g/mol. The second-order valence-corrected chi connectivity index (χ2v) is 12.8. The van der Waals surface area contributed by atoms with E-state index in [1.807, 2.05) is 44.2 Å². The number of nitrogens with zero attached hydrogens (tertiary/aromatic N) is 1. The Bertz CT molecular complexity index is 1180. The summed E-state index contributed by atoms with van der Waals surface area (Å²) in [6.45, 7) is 8.36. The minimum absolute atomic E-state index is 0.0692. The van der Waals surface area contributed by atoms with Gasteiger partial charge in [-0.15, -0.1) is 0 Å². The Balaban J connectivity index is 2.38. The molecule has 0 radical (unpaired) electrons. The smallest absolute Gasteiger partial charge is 0.309 e. The van der Waals surface area contributed by atoms with E-state index >= 15 is 0 Å². The van der Waals surface area contributed by atoms with Crippen molar-refractivity contribution in [1.82, 2.24) is 9.62 Å². The first-order valence-electron chi connectivity index (χ1n) is 13.1. The molecular weight excluding hydrogens is 520 g/mol. The number of hydrogen-bond donors (Lipinski definition) is 3. The van der Waals surface area contributed by atoms with Crippen molar-refractivity contribution in [3.8, 4) is 5.75 Å². The third-order valence-electron chi connectivity index (χ3n) is 7.16. The van der Waals surface area contributed by atoms with E-state index in [-0.39, 0.29) is 30.3 Å². The Kier molecular flexibility index (Phi) is 11.5. The van der Waals surface area contributed by atoms with E-state index in [2.05, 4.69) is 5.32 Å². The van der Waals surface area contributed by atoms with Crippen LogP contribution in [-0.2, 0) is 26.0 Å². The predicted octanol–water partition coefficient (Wildman–Crippen LogP) is 3.57. The number of carbonyl (C=O) groups excluding carboxylic acids is 1. The second-order valence-electron chi connectivity index (χ2n) is 10.8. The van der Waals surface area contributed by atoms with Crippen molar-refractivity contribution >= 4 is 21.9 Å². The molecule has 0 heterocycles. The molecule has 216 valence electrons. The van der Waals surface area contributed by atoms with Gasteiger partial charge in [0, 0.05) is 13.1 Å². The van der Waals surface area contributed by atoms with Crippen molar-refractivity contribution in [3.05, 3.63) is 60.2 Å². The SMILES string of the molecule is COc1ccc(S(=O)(=O)N(CCC(C)C)CC(O)[C@H](Cc2ccccc2)NC(=O)C(C)C(C)(C)C(=O)O)cc1. The van der Waals surface area contributed by atoms with Crippen LogP contribution in [0.4, 0.5) is 0 Å². The molecule has 2 aromatic rings. The number of methoxy groups -OCH3 is 1. The van der Waals surface area contributed by atoms with E-state index < -0.39 is 45.4 Å². The lowest BCUT2D eigenvalue weighted by molar-refractivity contribution is -0.153. The number of aliphatic hydroxyl groups excluding tert-OH is 1. The van der Waals surface area contributed by atoms with Crippen LogP contribution in [0.5, 0.6) is 5.75 Å². The quantitative estimate of drug-likeness (QED) is 0.302. The molecular formula is C29H42N2O7S. The van der Waals surface area contributed by atoms with Crippen molar-refractivity contribution in [3.63, 3.8) is 0 Å². The van der Waals surface area contributed by atoms with Crippen LogP contribution in [0.1, 0.15) is 46.6 Å². The van der Waals surface area contributed by atoms with Gasteiger partial charge in [-0.25, -0.2) is 8.42 Å². The van der Waals surface area contributed by atoms with Crippen LogP contribution in [0, 0.1) is 17.3 Å². The van der Waals surface area contributed by atoms with Gasteiger partial charge in [0.1, 0.15) is 5.75 Å². The predicted molar refractivity (Wildman–Crippen MR) is 150 cm³/mol. The summed E-state index contributed by atoms with van der Waals surface area (Å²) in [4.78, 5) is 24.9. The Hall–Kier alpha value is -2.95. The molecule has 2 aromatic carbocycles. The summed E-state index contributed by atoms with van der Waals surface area (Å²) in [5.41, 5.74) is -0.508. The topological polar surface area (TPSA) is 133 Å². The molecule has 3 N–H and O–H groups in total. The molecule has 0 bridgehead atoms. The second kappa shape index (κ2) is 13.9. The van der Waals surface area contributed by atoms with Gasteiger partial charge in [0.2, 0.25) is 15.9 Å². The number of rotatable bonds is 15. The van der Waals surface area contributed by atoms with Crippen molar-refractivity contribution in [2.45, 2.75) is 64.5 Å². The van der Waals surface area contributed by atoms with Crippen molar-refractivity contribution in [2.75, 3.05) is 20.2 Å². The third kappa shape index (κ3) is 8.78. The van der Waals surface area contributed by atoms with E-state index in [4.69, 9.17) is 4.74 Å². The van der Waals surface area contributed by atoms with Gasteiger partial charge >= 0.3 is 5.97 Å². The highest BCUT2D eigenvalue weighted by molar-refractivity contribution is 7.89. The highest BCUT2D eigenvalue weighted by Crippen LogP contribution is 2.27. The normalized spacial score (nSPS) is 14.6. The standard InChI is InChI=1S/C29H42N2O7S/c1-20(2)16-17-31(39(36,37)24-14-12-23(38-6)13-15-24)19-26(32)25(18-22-10-8-7-9-11-22)30-27(33)21(3)29(4,5)28(34)35/h7-15,20-21,25-26,32H,16-19H2,1-6H3,(H,30,33)(H,34,35)/t21?,25-,26?/m0/s1. The van der Waals surface area contributed by atoms with E-state index in [0.717, 1.165) is 5.56 Å². The fourth-order valence-corrected chi connectivity index (χ4v) is 5.39. The Morgan fingerprint density at radius 1 is 1.03 bits per heavy atom. The summed E-state index contributed by atoms with van der Waals surface area (Å²) in [7, 11) is -2.48. The Labute approximate surface area is 232 Å². The van der Waals surface area contributed by atoms with Gasteiger partial charge in [-0.1, -0.05) is 51.1 Å². The zero-order valence-electron chi connectivity index (χ0n) is 23.6. The molecule has 0 fully saturated rings. The zero-order chi connectivity index (χ0) is 29.4. The van der Waals surface area contributed by atoms with E-state index in [0.29, 0.717) is 12.2 Å². The minimum Gasteiger partial charge on any atom is -0.497 e. The first kappa shape index (κ1) is 32.3. The number of ether oxygens (including phenoxy) is 1. The van der Waals surface area contributed by atoms with Crippen molar-refractivity contribution in [2.24, 2.45) is 17.3 Å². The van der Waals surface area contributed by atoms with E-state index in [9.17, 15) is 28.2 Å². The number of aliphatic carboxylic acids is 1. The molecule has 0 spiro atoms. The van der Waals surface area contributed by atoms with Crippen LogP contribution in [0.15, 0.2) is 59.5 Å². The summed E-state index contributed by atoms with van der Waals surface area (Å²) < 4.78 is 33.6. The number of aliphatic hydroxyl groups is 1. The molecule has 9 nitrogen and oxygen atoms in total. The van der Waals surface area contributed by atoms with Gasteiger partial charge in [-0.3, -0.25) is 9.59 Å². The Morgan fingerprint density at radius 2 is 1.62 bits per heavy atom. The van der Waals surface area contributed by atoms with Crippen LogP contribution in [-0.4, -0.2) is 67.2 Å². The van der Waals surface area contributed by atoms with Gasteiger partial charge in [0.25, 0.3) is 0 Å². The van der Waals surface area contributed by atoms with E-state index in [1.54, 1.807) is 12.1 Å². The molecule has 2 rings (SSSR count). The Morgan fingerprint density at radius 3 is 2.13 bits per heavy atom. The molecule has 2 unspecified atom stereocenters. The fourth-order valence-electron chi connectivity index (χ4n) is 3.92. The molecule has 0 saturated carbocycles. The van der Waals surface area contributed by atoms with Crippen LogP contribution in [0.25, 0.3) is 0 Å². The molecule has 39 heavy (non-hydrogen) atoms. The molecule has 1 amide bonds. The summed E-state index contributed by atoms with van der Waals surface area (Å²) >= 11 is 0. The molecule has 10 heteroatoms. The highest BCUT2D eigenvalue weighted by Gasteiger charge is 2.40. The molecule has 3 atom stereocenters. The molecule has 0 aliphatic heterocycles. The maximum absolute atomic E-state index is 13.6. The summed E-state index contributed by atoms with van der Waals surface area (Å²) in [6, 6.07) is 14.4. The summed E-state index contributed by atoms with van der Waals surface area (Å²) in [5.74, 6) is -1.81. The zero-order valence-corrected chi connectivity index (χ0v) is 24.4. The number of carbonyl (C=O) groups is 2. The lowest BCUT2D eigenvalue weighted by atomic mass is 9.79. The number of hydrogen-bond acceptors (Lipinski definition) is 6. The lowest BCUT2D eigenvalue weighted by Crippen LogP contribution is -2.53. The molecule has 0 aromatic heterocycles. The van der Waals surface area contributed by atoms with Gasteiger partial charge in [-0.2, -0.15) is 4.31 Å². The van der Waals surface area contributed by atoms with Gasteiger partial charge in [0.15, 0.2) is 0 Å². The van der Waals surface area contributed by atoms with Crippen LogP contribution in [0.2, 0.25) is 0 Å². The van der Waals surface area contributed by atoms with Gasteiger partial charge in [-0.05, 0) is 62.4 Å². The molecule has 0 saturated heterocycles. The number of sulfonamides is 1. The maximum atomic E-state index is 13.6. The molecule has 0 aliphatic carbocycles. The summed E-state index contributed by atoms with van der Waals surface area (Å²) in [5, 5.41) is 23.8. The highest BCUT2D eigenvalue weighted by atomic mass is 32.2. The maximum Gasteiger partial charge on any atom is 0.309 e. The number of amides is 1. The lowest BCUT2D eigenvalue weighted by Gasteiger charge is -2.32. The van der Waals surface area contributed by atoms with Gasteiger partial charge in [0.05, 0.1) is 35.5 Å². The fraction of sp³-hybridized carbons (Fsp3) is 0.517. The number of carboxylic acids is 1. The van der Waals surface area contributed by atoms with Crippen LogP contribution < -0.4 is 10.1 Å². The van der Waals surface area contributed by atoms with Crippen molar-refractivity contribution in [1.29, 1.82) is 0 Å². The first-order chi connectivity index (χ1) is 18.2. The molecule has 0 aliphatic rings. The summed E-state index contributed by atoms with van der Waals surface area (Å²) in [6.07, 6.45) is -0.467. The average molecular weight is 563 g/mol. The number of nitrogens with one attached hydrogen (secondary N) is 1. The van der Waals surface area contributed by atoms with Gasteiger partial charge < -0.3 is 20.3 Å². The van der Waals surface area contributed by atoms with Crippen molar-refractivity contribution < 1.29 is 33.0 Å². The number of carboxylic acid groups (broad SMARTS) is 1. The largest absolute Gasteiger partial charge is 0.497 e. The van der Waals surface area contributed by atoms with Crippen LogP contribution >= 0.6 is 0 Å². The third-order valence-corrected chi connectivity index (χ3v) is 9.04.